The Labute approximate surface area is 150 Å². The second-order valence-corrected chi connectivity index (χ2v) is 6.69. The molecule has 4 rings (SSSR count). The molecule has 1 amide bonds. The lowest BCUT2D eigenvalue weighted by Gasteiger charge is -2.03. The summed E-state index contributed by atoms with van der Waals surface area (Å²) in [6.07, 6.45) is 2.24. The first-order valence-corrected chi connectivity index (χ1v) is 8.64. The number of hydrogen-bond acceptors (Lipinski definition) is 3. The molecule has 130 valence electrons. The molecule has 0 spiro atoms. The monoisotopic (exact) mass is 345 g/mol. The summed E-state index contributed by atoms with van der Waals surface area (Å²) < 4.78 is 0. The van der Waals surface area contributed by atoms with Crippen molar-refractivity contribution < 1.29 is 4.79 Å². The van der Waals surface area contributed by atoms with Gasteiger partial charge in [0.15, 0.2) is 0 Å². The third kappa shape index (κ3) is 3.16. The molecule has 1 heterocycles. The molecular weight excluding hydrogens is 326 g/mol. The lowest BCUT2D eigenvalue weighted by molar-refractivity contribution is -0.122. The van der Waals surface area contributed by atoms with Gasteiger partial charge in [0.1, 0.15) is 0 Å². The third-order valence-electron chi connectivity index (χ3n) is 4.85. The van der Waals surface area contributed by atoms with Gasteiger partial charge in [-0.05, 0) is 41.8 Å². The highest BCUT2D eigenvalue weighted by molar-refractivity contribution is 5.90. The molecule has 1 aliphatic carbocycles. The van der Waals surface area contributed by atoms with Gasteiger partial charge in [-0.3, -0.25) is 9.59 Å². The zero-order chi connectivity index (χ0) is 18.1. The number of para-hydroxylation sites is 1. The summed E-state index contributed by atoms with van der Waals surface area (Å²) in [5.41, 5.74) is 5.76. The lowest BCUT2D eigenvalue weighted by Crippen LogP contribution is -2.21. The van der Waals surface area contributed by atoms with E-state index in [4.69, 9.17) is 0 Å². The maximum absolute atomic E-state index is 12.2. The van der Waals surface area contributed by atoms with Crippen molar-refractivity contribution in [1.82, 2.24) is 10.4 Å². The Balaban J connectivity index is 1.44. The Morgan fingerprint density at radius 1 is 1.19 bits per heavy atom. The second kappa shape index (κ2) is 6.59. The van der Waals surface area contributed by atoms with Gasteiger partial charge in [-0.25, -0.2) is 5.43 Å². The highest BCUT2D eigenvalue weighted by Gasteiger charge is 2.43. The van der Waals surface area contributed by atoms with Crippen LogP contribution in [0.5, 0.6) is 0 Å². The lowest BCUT2D eigenvalue weighted by atomic mass is 10.1. The van der Waals surface area contributed by atoms with Crippen LogP contribution in [0.15, 0.2) is 64.5 Å². The molecule has 1 aliphatic rings. The van der Waals surface area contributed by atoms with Gasteiger partial charge in [-0.15, -0.1) is 0 Å². The van der Waals surface area contributed by atoms with Crippen LogP contribution < -0.4 is 11.0 Å². The van der Waals surface area contributed by atoms with Gasteiger partial charge in [-0.1, -0.05) is 48.5 Å². The average molecular weight is 345 g/mol. The molecular formula is C21H19N3O2. The highest BCUT2D eigenvalue weighted by atomic mass is 16.2. The number of benzene rings is 2. The molecule has 0 aliphatic heterocycles. The SMILES string of the molecule is Cc1cccc2cc(/C=N/NC(=O)[C@@H]3C[C@H]3c3ccccc3)c(=O)[nH]c12. The van der Waals surface area contributed by atoms with E-state index in [0.29, 0.717) is 5.56 Å². The number of pyridine rings is 1. The van der Waals surface area contributed by atoms with Crippen LogP contribution in [0.2, 0.25) is 0 Å². The number of amides is 1. The van der Waals surface area contributed by atoms with Crippen molar-refractivity contribution in [3.8, 4) is 0 Å². The largest absolute Gasteiger partial charge is 0.321 e. The van der Waals surface area contributed by atoms with Gasteiger partial charge in [-0.2, -0.15) is 5.10 Å². The molecule has 26 heavy (non-hydrogen) atoms. The van der Waals surface area contributed by atoms with Crippen molar-refractivity contribution in [2.24, 2.45) is 11.0 Å². The molecule has 0 radical (unpaired) electrons. The summed E-state index contributed by atoms with van der Waals surface area (Å²) in [5.74, 6) is 0.105. The van der Waals surface area contributed by atoms with Crippen molar-refractivity contribution in [2.45, 2.75) is 19.3 Å². The number of fused-ring (bicyclic) bond motifs is 1. The van der Waals surface area contributed by atoms with E-state index >= 15 is 0 Å². The molecule has 2 aromatic carbocycles. The Bertz CT molecular complexity index is 1050. The maximum atomic E-state index is 12.2. The first-order valence-electron chi connectivity index (χ1n) is 8.64. The number of hydrogen-bond donors (Lipinski definition) is 2. The van der Waals surface area contributed by atoms with E-state index in [1.165, 1.54) is 11.8 Å². The van der Waals surface area contributed by atoms with Gasteiger partial charge in [0.05, 0.1) is 17.3 Å². The Morgan fingerprint density at radius 3 is 2.81 bits per heavy atom. The summed E-state index contributed by atoms with van der Waals surface area (Å²) in [6, 6.07) is 17.6. The van der Waals surface area contributed by atoms with Crippen LogP contribution in [0, 0.1) is 12.8 Å². The third-order valence-corrected chi connectivity index (χ3v) is 4.85. The minimum Gasteiger partial charge on any atom is -0.321 e. The minimum absolute atomic E-state index is 0.0490. The standard InChI is InChI=1S/C21H19N3O2/c1-13-6-5-9-15-10-16(20(25)23-19(13)15)12-22-24-21(26)18-11-17(18)14-7-3-2-4-8-14/h2-10,12,17-18H,11H2,1H3,(H,23,25)(H,24,26)/b22-12+/t17-,18+/m0/s1. The van der Waals surface area contributed by atoms with Gasteiger partial charge < -0.3 is 4.98 Å². The smallest absolute Gasteiger partial charge is 0.257 e. The van der Waals surface area contributed by atoms with E-state index in [2.05, 4.69) is 15.5 Å². The number of aromatic amines is 1. The summed E-state index contributed by atoms with van der Waals surface area (Å²) in [6.45, 7) is 1.95. The van der Waals surface area contributed by atoms with Crippen molar-refractivity contribution >= 4 is 23.0 Å². The second-order valence-electron chi connectivity index (χ2n) is 6.69. The van der Waals surface area contributed by atoms with E-state index < -0.39 is 0 Å². The van der Waals surface area contributed by atoms with Gasteiger partial charge >= 0.3 is 0 Å². The zero-order valence-electron chi connectivity index (χ0n) is 14.4. The molecule has 0 bridgehead atoms. The molecule has 5 nitrogen and oxygen atoms in total. The van der Waals surface area contributed by atoms with Crippen LogP contribution in [0.3, 0.4) is 0 Å². The normalized spacial score (nSPS) is 19.0. The van der Waals surface area contributed by atoms with Crippen molar-refractivity contribution in [1.29, 1.82) is 0 Å². The van der Waals surface area contributed by atoms with E-state index in [0.717, 1.165) is 22.9 Å². The maximum Gasteiger partial charge on any atom is 0.257 e. The molecule has 1 saturated carbocycles. The Kier molecular flexibility index (Phi) is 4.13. The van der Waals surface area contributed by atoms with Gasteiger partial charge in [0.2, 0.25) is 5.91 Å². The quantitative estimate of drug-likeness (QED) is 0.563. The number of carbonyl (C=O) groups excluding carboxylic acids is 1. The van der Waals surface area contributed by atoms with E-state index in [-0.39, 0.29) is 23.3 Å². The molecule has 5 heteroatoms. The fraction of sp³-hybridized carbons (Fsp3) is 0.190. The first-order chi connectivity index (χ1) is 12.6. The van der Waals surface area contributed by atoms with E-state index in [9.17, 15) is 9.59 Å². The summed E-state index contributed by atoms with van der Waals surface area (Å²) in [4.78, 5) is 27.3. The summed E-state index contributed by atoms with van der Waals surface area (Å²) in [7, 11) is 0. The van der Waals surface area contributed by atoms with Crippen LogP contribution in [0.1, 0.15) is 29.0 Å². The van der Waals surface area contributed by atoms with Crippen LogP contribution in [0.25, 0.3) is 10.9 Å². The number of nitrogens with zero attached hydrogens (tertiary/aromatic N) is 1. The van der Waals surface area contributed by atoms with Crippen LogP contribution in [0.4, 0.5) is 0 Å². The molecule has 3 aromatic rings. The molecule has 1 aromatic heterocycles. The fourth-order valence-electron chi connectivity index (χ4n) is 3.30. The van der Waals surface area contributed by atoms with Crippen LogP contribution in [-0.2, 0) is 4.79 Å². The molecule has 0 saturated heterocycles. The van der Waals surface area contributed by atoms with E-state index in [1.807, 2.05) is 55.5 Å². The number of rotatable bonds is 4. The number of aryl methyl sites for hydroxylation is 1. The number of carbonyl (C=O) groups is 1. The van der Waals surface area contributed by atoms with Crippen LogP contribution in [-0.4, -0.2) is 17.1 Å². The number of aromatic nitrogens is 1. The number of nitrogens with one attached hydrogen (secondary N) is 2. The average Bonchev–Trinajstić information content (AvgIpc) is 3.45. The van der Waals surface area contributed by atoms with Crippen molar-refractivity contribution in [3.05, 3.63) is 81.6 Å². The molecule has 2 atom stereocenters. The Hall–Kier alpha value is -3.21. The van der Waals surface area contributed by atoms with Gasteiger partial charge in [0, 0.05) is 5.92 Å². The topological polar surface area (TPSA) is 74.3 Å². The van der Waals surface area contributed by atoms with E-state index in [1.54, 1.807) is 6.07 Å². The summed E-state index contributed by atoms with van der Waals surface area (Å²) in [5, 5.41) is 4.91. The fourth-order valence-corrected chi connectivity index (χ4v) is 3.30. The highest BCUT2D eigenvalue weighted by Crippen LogP contribution is 2.47. The zero-order valence-corrected chi connectivity index (χ0v) is 14.4. The van der Waals surface area contributed by atoms with Crippen molar-refractivity contribution in [2.75, 3.05) is 0 Å². The van der Waals surface area contributed by atoms with Crippen LogP contribution >= 0.6 is 0 Å². The predicted octanol–water partition coefficient (Wildman–Crippen LogP) is 3.09. The number of hydrazone groups is 1. The molecule has 1 fully saturated rings. The van der Waals surface area contributed by atoms with Gasteiger partial charge in [0.25, 0.3) is 5.56 Å². The summed E-state index contributed by atoms with van der Waals surface area (Å²) >= 11 is 0. The first kappa shape index (κ1) is 16.3. The number of H-pyrrole nitrogens is 1. The Morgan fingerprint density at radius 2 is 2.00 bits per heavy atom. The minimum atomic E-state index is -0.224. The molecule has 0 unspecified atom stereocenters. The predicted molar refractivity (Wildman–Crippen MR) is 102 cm³/mol. The molecule has 2 N–H and O–H groups in total. The van der Waals surface area contributed by atoms with Crippen molar-refractivity contribution in [3.63, 3.8) is 0 Å².